The number of nitrogens with zero attached hydrogens (tertiary/aromatic N) is 2. The molecule has 0 spiro atoms. The number of carboxylic acid groups (broad SMARTS) is 1. The van der Waals surface area contributed by atoms with Crippen molar-refractivity contribution in [3.63, 3.8) is 0 Å². The summed E-state index contributed by atoms with van der Waals surface area (Å²) in [6.07, 6.45) is 7.14. The van der Waals surface area contributed by atoms with Crippen LogP contribution in [0, 0.1) is 6.57 Å². The molecule has 1 heterocycles. The van der Waals surface area contributed by atoms with E-state index in [2.05, 4.69) is 101 Å². The molecule has 6 rings (SSSR count). The third-order valence-corrected chi connectivity index (χ3v) is 7.82. The highest BCUT2D eigenvalue weighted by molar-refractivity contribution is 5.94. The topological polar surface area (TPSA) is 44.9 Å². The van der Waals surface area contributed by atoms with E-state index in [9.17, 15) is 9.90 Å². The summed E-state index contributed by atoms with van der Waals surface area (Å²) < 4.78 is 0. The predicted octanol–water partition coefficient (Wildman–Crippen LogP) is 8.41. The molecule has 0 saturated heterocycles. The third-order valence-electron chi connectivity index (χ3n) is 7.82. The van der Waals surface area contributed by atoms with Gasteiger partial charge in [-0.25, -0.2) is 4.85 Å². The van der Waals surface area contributed by atoms with Gasteiger partial charge in [-0.15, -0.1) is 0 Å². The van der Waals surface area contributed by atoms with Gasteiger partial charge in [0, 0.05) is 23.3 Å². The van der Waals surface area contributed by atoms with Crippen LogP contribution in [0.25, 0.3) is 22.6 Å². The summed E-state index contributed by atoms with van der Waals surface area (Å²) in [5, 5.41) is 9.28. The Morgan fingerprint density at radius 2 is 1.46 bits per heavy atom. The van der Waals surface area contributed by atoms with Crippen molar-refractivity contribution in [1.82, 2.24) is 0 Å². The number of anilines is 2. The number of carboxylic acids is 1. The molecule has 4 heteroatoms. The van der Waals surface area contributed by atoms with Crippen molar-refractivity contribution in [2.24, 2.45) is 0 Å². The first-order valence-electron chi connectivity index (χ1n) is 13.3. The molecule has 190 valence electrons. The Balaban J connectivity index is 1.35. The number of carbonyl (C=O) groups is 1. The number of rotatable bonds is 6. The lowest BCUT2D eigenvalue weighted by Crippen LogP contribution is -2.26. The first-order valence-corrected chi connectivity index (χ1v) is 13.3. The van der Waals surface area contributed by atoms with Crippen LogP contribution in [0.15, 0.2) is 109 Å². The van der Waals surface area contributed by atoms with Gasteiger partial charge in [0.15, 0.2) is 0 Å². The second-order valence-corrected chi connectivity index (χ2v) is 10.1. The highest BCUT2D eigenvalue weighted by atomic mass is 16.4. The van der Waals surface area contributed by atoms with Crippen LogP contribution in [-0.4, -0.2) is 17.1 Å². The molecule has 39 heavy (non-hydrogen) atoms. The minimum absolute atomic E-state index is 0.262. The minimum atomic E-state index is -1.19. The largest absolute Gasteiger partial charge is 0.486 e. The van der Waals surface area contributed by atoms with Crippen molar-refractivity contribution >= 4 is 35.1 Å². The van der Waals surface area contributed by atoms with Crippen LogP contribution in [-0.2, 0) is 4.79 Å². The predicted molar refractivity (Wildman–Crippen MR) is 157 cm³/mol. The number of aliphatic carboxylic acids is 1. The van der Waals surface area contributed by atoms with Crippen LogP contribution in [0.1, 0.15) is 53.0 Å². The third kappa shape index (κ3) is 4.76. The number of hydrogen-bond donors (Lipinski definition) is 1. The van der Waals surface area contributed by atoms with Crippen molar-refractivity contribution in [2.75, 3.05) is 4.90 Å². The first-order chi connectivity index (χ1) is 19.1. The average Bonchev–Trinajstić information content (AvgIpc) is 3.57. The molecule has 0 bridgehead atoms. The molecule has 1 N–H and O–H groups in total. The van der Waals surface area contributed by atoms with E-state index in [4.69, 9.17) is 6.57 Å². The van der Waals surface area contributed by atoms with E-state index in [1.807, 2.05) is 18.2 Å². The average molecular weight is 509 g/mol. The molecule has 4 aromatic rings. The molecular formula is C35H28N2O2. The van der Waals surface area contributed by atoms with E-state index in [1.165, 1.54) is 46.1 Å². The van der Waals surface area contributed by atoms with Crippen LogP contribution in [0.3, 0.4) is 0 Å². The Labute approximate surface area is 229 Å². The molecule has 1 saturated carbocycles. The zero-order valence-corrected chi connectivity index (χ0v) is 21.5. The molecule has 1 aliphatic heterocycles. The van der Waals surface area contributed by atoms with E-state index >= 15 is 0 Å². The van der Waals surface area contributed by atoms with Gasteiger partial charge in [0.2, 0.25) is 0 Å². The monoisotopic (exact) mass is 508 g/mol. The zero-order chi connectivity index (χ0) is 26.8. The van der Waals surface area contributed by atoms with E-state index in [0.29, 0.717) is 12.0 Å². The van der Waals surface area contributed by atoms with Gasteiger partial charge < -0.3 is 10.0 Å². The summed E-state index contributed by atoms with van der Waals surface area (Å²) in [4.78, 5) is 17.0. The van der Waals surface area contributed by atoms with Crippen molar-refractivity contribution in [3.05, 3.63) is 148 Å². The molecular weight excluding hydrogens is 480 g/mol. The smallest absolute Gasteiger partial charge is 0.333 e. The molecule has 4 aromatic carbocycles. The summed E-state index contributed by atoms with van der Waals surface area (Å²) in [5.74, 6) is -0.778. The van der Waals surface area contributed by atoms with E-state index in [-0.39, 0.29) is 5.70 Å². The SMILES string of the molecule is [C-]#[N+]/C(=C\c1ccc2c(c1)C1CCCC1N2c1ccc(C=C(c2ccccc2)c2ccccc2)cc1)C(=O)O. The van der Waals surface area contributed by atoms with Gasteiger partial charge in [-0.3, -0.25) is 4.79 Å². The summed E-state index contributed by atoms with van der Waals surface area (Å²) in [7, 11) is 0. The maximum absolute atomic E-state index is 11.3. The number of benzene rings is 4. The van der Waals surface area contributed by atoms with Crippen molar-refractivity contribution < 1.29 is 9.90 Å². The highest BCUT2D eigenvalue weighted by Gasteiger charge is 2.42. The van der Waals surface area contributed by atoms with Crippen LogP contribution >= 0.6 is 0 Å². The Morgan fingerprint density at radius 3 is 2.08 bits per heavy atom. The van der Waals surface area contributed by atoms with Crippen molar-refractivity contribution in [1.29, 1.82) is 0 Å². The maximum Gasteiger partial charge on any atom is 0.333 e. The summed E-state index contributed by atoms with van der Waals surface area (Å²) in [6.45, 7) is 7.18. The van der Waals surface area contributed by atoms with Gasteiger partial charge in [-0.05, 0) is 76.6 Å². The van der Waals surface area contributed by atoms with E-state index < -0.39 is 5.97 Å². The lowest BCUT2D eigenvalue weighted by molar-refractivity contribution is -0.132. The fourth-order valence-electron chi connectivity index (χ4n) is 6.07. The Bertz CT molecular complexity index is 1570. The fourth-order valence-corrected chi connectivity index (χ4v) is 6.07. The number of fused-ring (bicyclic) bond motifs is 3. The molecule has 0 radical (unpaired) electrons. The van der Waals surface area contributed by atoms with Gasteiger partial charge >= 0.3 is 5.97 Å². The standard InChI is InChI=1S/C35H28N2O2/c1-36-32(35(38)39)23-25-17-20-34-31(22-25)29-13-8-14-33(29)37(34)28-18-15-24(16-19-28)21-30(26-9-4-2-5-10-26)27-11-6-3-7-12-27/h2-7,9-12,15-23,29,33H,8,13-14H2,(H,38,39)/b32-23-. The summed E-state index contributed by atoms with van der Waals surface area (Å²) in [5.41, 5.74) is 8.80. The zero-order valence-electron chi connectivity index (χ0n) is 21.5. The van der Waals surface area contributed by atoms with E-state index in [0.717, 1.165) is 24.0 Å². The lowest BCUT2D eigenvalue weighted by Gasteiger charge is -2.27. The second kappa shape index (κ2) is 10.5. The van der Waals surface area contributed by atoms with Gasteiger partial charge in [0.25, 0.3) is 5.70 Å². The number of hydrogen-bond acceptors (Lipinski definition) is 2. The van der Waals surface area contributed by atoms with Crippen molar-refractivity contribution in [3.8, 4) is 0 Å². The van der Waals surface area contributed by atoms with Crippen molar-refractivity contribution in [2.45, 2.75) is 31.2 Å². The second-order valence-electron chi connectivity index (χ2n) is 10.1. The summed E-state index contributed by atoms with van der Waals surface area (Å²) in [6, 6.07) is 36.2. The molecule has 2 aliphatic rings. The Kier molecular flexibility index (Phi) is 6.57. The maximum atomic E-state index is 11.3. The van der Waals surface area contributed by atoms with Crippen LogP contribution in [0.4, 0.5) is 11.4 Å². The van der Waals surface area contributed by atoms with Crippen LogP contribution in [0.2, 0.25) is 0 Å². The van der Waals surface area contributed by atoms with Gasteiger partial charge in [0.05, 0.1) is 6.57 Å². The molecule has 2 unspecified atom stereocenters. The van der Waals surface area contributed by atoms with Gasteiger partial charge in [-0.2, -0.15) is 0 Å². The van der Waals surface area contributed by atoms with Crippen LogP contribution < -0.4 is 4.90 Å². The van der Waals surface area contributed by atoms with Gasteiger partial charge in [-0.1, -0.05) is 91.3 Å². The molecule has 1 fully saturated rings. The molecule has 0 amide bonds. The fraction of sp³-hybridized carbons (Fsp3) is 0.143. The molecule has 0 aromatic heterocycles. The minimum Gasteiger partial charge on any atom is -0.486 e. The Morgan fingerprint density at radius 1 is 0.821 bits per heavy atom. The normalized spacial score (nSPS) is 17.7. The van der Waals surface area contributed by atoms with Crippen LogP contribution in [0.5, 0.6) is 0 Å². The molecule has 1 aliphatic carbocycles. The quantitative estimate of drug-likeness (QED) is 0.162. The highest BCUT2D eigenvalue weighted by Crippen LogP contribution is 2.52. The molecule has 2 atom stereocenters. The Hall–Kier alpha value is -4.88. The van der Waals surface area contributed by atoms with E-state index in [1.54, 1.807) is 0 Å². The summed E-state index contributed by atoms with van der Waals surface area (Å²) >= 11 is 0. The molecule has 4 nitrogen and oxygen atoms in total. The first kappa shape index (κ1) is 24.5. The van der Waals surface area contributed by atoms with Gasteiger partial charge in [0.1, 0.15) is 0 Å². The lowest BCUT2D eigenvalue weighted by atomic mass is 9.95.